The fourth-order valence-corrected chi connectivity index (χ4v) is 3.27. The van der Waals surface area contributed by atoms with Crippen LogP contribution in [0.4, 0.5) is 11.4 Å². The Bertz CT molecular complexity index is 806. The van der Waals surface area contributed by atoms with E-state index in [0.29, 0.717) is 5.69 Å². The maximum absolute atomic E-state index is 12.8. The summed E-state index contributed by atoms with van der Waals surface area (Å²) in [6.45, 7) is 7.92. The molecule has 1 N–H and O–H groups in total. The Hall–Kier alpha value is -2.62. The van der Waals surface area contributed by atoms with Crippen molar-refractivity contribution in [1.82, 2.24) is 0 Å². The number of rotatable bonds is 3. The molecule has 0 aliphatic carbocycles. The highest BCUT2D eigenvalue weighted by atomic mass is 16.2. The molecule has 124 valence electrons. The van der Waals surface area contributed by atoms with Gasteiger partial charge >= 0.3 is 0 Å². The summed E-state index contributed by atoms with van der Waals surface area (Å²) < 4.78 is 0. The van der Waals surface area contributed by atoms with Gasteiger partial charge in [-0.2, -0.15) is 0 Å². The normalized spacial score (nSPS) is 17.5. The minimum Gasteiger partial charge on any atom is -0.373 e. The lowest BCUT2D eigenvalue weighted by molar-refractivity contribution is -0.121. The van der Waals surface area contributed by atoms with Crippen molar-refractivity contribution in [3.8, 4) is 0 Å². The van der Waals surface area contributed by atoms with Crippen LogP contribution in [-0.2, 0) is 9.59 Å². The van der Waals surface area contributed by atoms with Gasteiger partial charge in [0.05, 0.1) is 12.1 Å². The van der Waals surface area contributed by atoms with Crippen LogP contribution in [0.2, 0.25) is 0 Å². The van der Waals surface area contributed by atoms with E-state index in [1.165, 1.54) is 4.90 Å². The lowest BCUT2D eigenvalue weighted by Crippen LogP contribution is -2.35. The predicted molar refractivity (Wildman–Crippen MR) is 96.4 cm³/mol. The van der Waals surface area contributed by atoms with Crippen molar-refractivity contribution in [3.05, 3.63) is 58.7 Å². The molecule has 0 bridgehead atoms. The minimum absolute atomic E-state index is 0.157. The molecular weight excluding hydrogens is 300 g/mol. The van der Waals surface area contributed by atoms with Gasteiger partial charge < -0.3 is 5.32 Å². The molecule has 4 heteroatoms. The summed E-state index contributed by atoms with van der Waals surface area (Å²) in [6.07, 6.45) is 0.180. The van der Waals surface area contributed by atoms with E-state index in [0.717, 1.165) is 27.9 Å². The zero-order valence-electron chi connectivity index (χ0n) is 14.5. The second-order valence-electron chi connectivity index (χ2n) is 6.53. The molecular formula is C20H22N2O2. The highest BCUT2D eigenvalue weighted by Gasteiger charge is 2.40. The van der Waals surface area contributed by atoms with Gasteiger partial charge in [-0.25, -0.2) is 4.90 Å². The molecule has 24 heavy (non-hydrogen) atoms. The van der Waals surface area contributed by atoms with Gasteiger partial charge in [0.1, 0.15) is 6.04 Å². The first kappa shape index (κ1) is 16.2. The largest absolute Gasteiger partial charge is 0.373 e. The first-order valence-electron chi connectivity index (χ1n) is 8.15. The number of nitrogens with zero attached hydrogens (tertiary/aromatic N) is 1. The number of benzene rings is 2. The van der Waals surface area contributed by atoms with E-state index in [1.54, 1.807) is 0 Å². The van der Waals surface area contributed by atoms with E-state index < -0.39 is 6.04 Å². The van der Waals surface area contributed by atoms with E-state index in [9.17, 15) is 9.59 Å². The van der Waals surface area contributed by atoms with E-state index in [1.807, 2.05) is 64.1 Å². The molecule has 1 aliphatic heterocycles. The van der Waals surface area contributed by atoms with Gasteiger partial charge in [0.15, 0.2) is 0 Å². The molecule has 3 rings (SSSR count). The van der Waals surface area contributed by atoms with Crippen LogP contribution in [0.3, 0.4) is 0 Å². The van der Waals surface area contributed by atoms with E-state index in [4.69, 9.17) is 0 Å². The van der Waals surface area contributed by atoms with Gasteiger partial charge in [-0.1, -0.05) is 35.9 Å². The van der Waals surface area contributed by atoms with Crippen molar-refractivity contribution >= 4 is 23.2 Å². The smallest absolute Gasteiger partial charge is 0.256 e. The molecule has 1 heterocycles. The van der Waals surface area contributed by atoms with E-state index >= 15 is 0 Å². The van der Waals surface area contributed by atoms with Crippen LogP contribution in [0, 0.1) is 27.7 Å². The van der Waals surface area contributed by atoms with Gasteiger partial charge in [0.2, 0.25) is 5.91 Å². The molecule has 0 saturated carbocycles. The van der Waals surface area contributed by atoms with Crippen molar-refractivity contribution in [2.45, 2.75) is 40.2 Å². The maximum atomic E-state index is 12.8. The third-order valence-electron chi connectivity index (χ3n) is 4.54. The molecule has 0 aromatic heterocycles. The number of anilines is 2. The maximum Gasteiger partial charge on any atom is 0.256 e. The molecule has 2 amide bonds. The van der Waals surface area contributed by atoms with Gasteiger partial charge in [0, 0.05) is 5.69 Å². The quantitative estimate of drug-likeness (QED) is 0.877. The summed E-state index contributed by atoms with van der Waals surface area (Å²) in [7, 11) is 0. The standard InChI is InChI=1S/C20H22N2O2/c1-12-8-9-17(15(4)10-12)22-18(23)11-16(20(22)24)21-19-13(2)6-5-7-14(19)3/h5-10,16,21H,11H2,1-4H3/t16-/m1/s1. The SMILES string of the molecule is Cc1ccc(N2C(=O)C[C@@H](Nc3c(C)cccc3C)C2=O)c(C)c1. The number of imide groups is 1. The average molecular weight is 322 g/mol. The molecule has 1 atom stereocenters. The number of carbonyl (C=O) groups excluding carboxylic acids is 2. The molecule has 0 radical (unpaired) electrons. The van der Waals surface area contributed by atoms with Crippen LogP contribution in [0.15, 0.2) is 36.4 Å². The van der Waals surface area contributed by atoms with Crippen molar-refractivity contribution in [2.24, 2.45) is 0 Å². The zero-order chi connectivity index (χ0) is 17.4. The Balaban J connectivity index is 1.89. The number of hydrogen-bond donors (Lipinski definition) is 1. The van der Waals surface area contributed by atoms with E-state index in [2.05, 4.69) is 5.32 Å². The van der Waals surface area contributed by atoms with Crippen LogP contribution in [0.1, 0.15) is 28.7 Å². The van der Waals surface area contributed by atoms with Gasteiger partial charge in [-0.15, -0.1) is 0 Å². The number of hydrogen-bond acceptors (Lipinski definition) is 3. The number of para-hydroxylation sites is 1. The van der Waals surface area contributed by atoms with Gasteiger partial charge in [-0.3, -0.25) is 9.59 Å². The Morgan fingerprint density at radius 2 is 1.62 bits per heavy atom. The molecule has 2 aromatic rings. The van der Waals surface area contributed by atoms with Gasteiger partial charge in [-0.05, 0) is 50.5 Å². The fraction of sp³-hybridized carbons (Fsp3) is 0.300. The molecule has 0 unspecified atom stereocenters. The fourth-order valence-electron chi connectivity index (χ4n) is 3.27. The summed E-state index contributed by atoms with van der Waals surface area (Å²) in [4.78, 5) is 26.6. The Labute approximate surface area is 142 Å². The minimum atomic E-state index is -0.516. The van der Waals surface area contributed by atoms with Crippen molar-refractivity contribution in [1.29, 1.82) is 0 Å². The van der Waals surface area contributed by atoms with Crippen LogP contribution < -0.4 is 10.2 Å². The first-order chi connectivity index (χ1) is 11.4. The first-order valence-corrected chi connectivity index (χ1v) is 8.15. The van der Waals surface area contributed by atoms with Gasteiger partial charge in [0.25, 0.3) is 5.91 Å². The Morgan fingerprint density at radius 3 is 2.25 bits per heavy atom. The number of carbonyl (C=O) groups is 2. The number of aryl methyl sites for hydroxylation is 4. The third-order valence-corrected chi connectivity index (χ3v) is 4.54. The van der Waals surface area contributed by atoms with Crippen LogP contribution >= 0.6 is 0 Å². The monoisotopic (exact) mass is 322 g/mol. The summed E-state index contributed by atoms with van der Waals surface area (Å²) in [5, 5.41) is 3.28. The zero-order valence-corrected chi connectivity index (χ0v) is 14.5. The van der Waals surface area contributed by atoms with Crippen molar-refractivity contribution in [3.63, 3.8) is 0 Å². The van der Waals surface area contributed by atoms with E-state index in [-0.39, 0.29) is 18.2 Å². The summed E-state index contributed by atoms with van der Waals surface area (Å²) in [6, 6.07) is 11.2. The molecule has 2 aromatic carbocycles. The van der Waals surface area contributed by atoms with Crippen molar-refractivity contribution < 1.29 is 9.59 Å². The predicted octanol–water partition coefficient (Wildman–Crippen LogP) is 3.66. The molecule has 0 spiro atoms. The topological polar surface area (TPSA) is 49.4 Å². The lowest BCUT2D eigenvalue weighted by atomic mass is 10.1. The molecule has 1 aliphatic rings. The molecule has 1 saturated heterocycles. The van der Waals surface area contributed by atoms with Crippen molar-refractivity contribution in [2.75, 3.05) is 10.2 Å². The van der Waals surface area contributed by atoms with Crippen LogP contribution in [0.25, 0.3) is 0 Å². The molecule has 1 fully saturated rings. The number of amides is 2. The van der Waals surface area contributed by atoms with Crippen LogP contribution in [0.5, 0.6) is 0 Å². The summed E-state index contributed by atoms with van der Waals surface area (Å²) >= 11 is 0. The Morgan fingerprint density at radius 1 is 0.958 bits per heavy atom. The average Bonchev–Trinajstić information content (AvgIpc) is 2.78. The lowest BCUT2D eigenvalue weighted by Gasteiger charge is -2.19. The highest BCUT2D eigenvalue weighted by Crippen LogP contribution is 2.29. The molecule has 4 nitrogen and oxygen atoms in total. The summed E-state index contributed by atoms with van der Waals surface area (Å²) in [5.74, 6) is -0.342. The number of nitrogens with one attached hydrogen (secondary N) is 1. The Kier molecular flexibility index (Phi) is 4.14. The highest BCUT2D eigenvalue weighted by molar-refractivity contribution is 6.23. The van der Waals surface area contributed by atoms with Crippen LogP contribution in [-0.4, -0.2) is 17.9 Å². The second-order valence-corrected chi connectivity index (χ2v) is 6.53. The third kappa shape index (κ3) is 2.80. The summed E-state index contributed by atoms with van der Waals surface area (Å²) in [5.41, 5.74) is 5.80. The second kappa shape index (κ2) is 6.11.